The van der Waals surface area contributed by atoms with Crippen molar-refractivity contribution in [3.63, 3.8) is 0 Å². The van der Waals surface area contributed by atoms with Gasteiger partial charge in [-0.05, 0) is 39.3 Å². The highest BCUT2D eigenvalue weighted by molar-refractivity contribution is 5.87. The summed E-state index contributed by atoms with van der Waals surface area (Å²) in [6.07, 6.45) is 0.723. The molecule has 1 heterocycles. The minimum absolute atomic E-state index is 0.0778. The van der Waals surface area contributed by atoms with Gasteiger partial charge in [-0.1, -0.05) is 13.0 Å². The van der Waals surface area contributed by atoms with Crippen molar-refractivity contribution < 1.29 is 9.53 Å². The molecule has 1 unspecified atom stereocenters. The van der Waals surface area contributed by atoms with E-state index in [2.05, 4.69) is 10.3 Å². The van der Waals surface area contributed by atoms with Gasteiger partial charge in [-0.25, -0.2) is 9.78 Å². The molecule has 1 N–H and O–H groups in total. The molecule has 0 spiro atoms. The van der Waals surface area contributed by atoms with Gasteiger partial charge in [-0.15, -0.1) is 0 Å². The Hall–Kier alpha value is -1.58. The molecule has 0 saturated heterocycles. The summed E-state index contributed by atoms with van der Waals surface area (Å²) in [6.45, 7) is 7.88. The molecular formula is C13H20N2O2. The van der Waals surface area contributed by atoms with Gasteiger partial charge in [-0.3, -0.25) is 0 Å². The van der Waals surface area contributed by atoms with Crippen molar-refractivity contribution in [3.8, 4) is 0 Å². The van der Waals surface area contributed by atoms with Crippen molar-refractivity contribution in [1.29, 1.82) is 0 Å². The van der Waals surface area contributed by atoms with Crippen LogP contribution in [0.4, 0.5) is 5.82 Å². The molecule has 0 radical (unpaired) electrons. The molecule has 17 heavy (non-hydrogen) atoms. The first-order valence-corrected chi connectivity index (χ1v) is 5.97. The van der Waals surface area contributed by atoms with E-state index in [-0.39, 0.29) is 18.1 Å². The van der Waals surface area contributed by atoms with E-state index in [0.29, 0.717) is 11.5 Å². The van der Waals surface area contributed by atoms with E-state index in [1.807, 2.05) is 33.8 Å². The van der Waals surface area contributed by atoms with E-state index in [1.54, 1.807) is 12.1 Å². The van der Waals surface area contributed by atoms with Gasteiger partial charge in [0.2, 0.25) is 0 Å². The summed E-state index contributed by atoms with van der Waals surface area (Å²) in [5.41, 5.74) is 0.343. The Labute approximate surface area is 102 Å². The number of rotatable bonds is 5. The van der Waals surface area contributed by atoms with Crippen molar-refractivity contribution >= 4 is 11.8 Å². The second-order valence-electron chi connectivity index (χ2n) is 4.33. The van der Waals surface area contributed by atoms with Crippen LogP contribution < -0.4 is 5.32 Å². The van der Waals surface area contributed by atoms with Crippen LogP contribution >= 0.6 is 0 Å². The minimum Gasteiger partial charge on any atom is -0.458 e. The third kappa shape index (κ3) is 4.43. The molecule has 1 atom stereocenters. The van der Waals surface area contributed by atoms with E-state index in [4.69, 9.17) is 4.74 Å². The lowest BCUT2D eigenvalue weighted by molar-refractivity contribution is 0.0327. The van der Waals surface area contributed by atoms with Crippen molar-refractivity contribution in [1.82, 2.24) is 4.98 Å². The highest BCUT2D eigenvalue weighted by Gasteiger charge is 2.12. The van der Waals surface area contributed by atoms with Crippen LogP contribution in [0.3, 0.4) is 0 Å². The summed E-state index contributed by atoms with van der Waals surface area (Å²) in [7, 11) is 0. The zero-order valence-electron chi connectivity index (χ0n) is 10.9. The molecule has 0 aliphatic carbocycles. The number of hydrogen-bond acceptors (Lipinski definition) is 4. The maximum absolute atomic E-state index is 11.7. The molecule has 0 bridgehead atoms. The molecular weight excluding hydrogens is 216 g/mol. The Bertz CT molecular complexity index is 377. The summed E-state index contributed by atoms with van der Waals surface area (Å²) in [6, 6.07) is 5.57. The smallest absolute Gasteiger partial charge is 0.357 e. The molecule has 1 rings (SSSR count). The molecule has 4 nitrogen and oxygen atoms in total. The van der Waals surface area contributed by atoms with Gasteiger partial charge in [0.1, 0.15) is 5.82 Å². The molecule has 1 aromatic heterocycles. The van der Waals surface area contributed by atoms with Crippen LogP contribution in [-0.2, 0) is 4.74 Å². The van der Waals surface area contributed by atoms with Crippen LogP contribution in [0.15, 0.2) is 18.2 Å². The lowest BCUT2D eigenvalue weighted by Crippen LogP contribution is -2.17. The Morgan fingerprint density at radius 2 is 2.12 bits per heavy atom. The average Bonchev–Trinajstić information content (AvgIpc) is 2.28. The quantitative estimate of drug-likeness (QED) is 0.799. The number of hydrogen-bond donors (Lipinski definition) is 1. The van der Waals surface area contributed by atoms with Crippen LogP contribution in [0, 0.1) is 0 Å². The Morgan fingerprint density at radius 3 is 2.71 bits per heavy atom. The molecule has 0 saturated carbocycles. The predicted molar refractivity (Wildman–Crippen MR) is 68.2 cm³/mol. The van der Waals surface area contributed by atoms with Crippen LogP contribution in [0.25, 0.3) is 0 Å². The fourth-order valence-corrected chi connectivity index (χ4v) is 1.25. The number of pyridine rings is 1. The van der Waals surface area contributed by atoms with E-state index in [9.17, 15) is 4.79 Å². The first-order chi connectivity index (χ1) is 8.02. The molecule has 0 aliphatic heterocycles. The lowest BCUT2D eigenvalue weighted by atomic mass is 10.3. The van der Waals surface area contributed by atoms with Crippen LogP contribution in [-0.4, -0.2) is 23.1 Å². The summed E-state index contributed by atoms with van der Waals surface area (Å²) in [4.78, 5) is 16.0. The van der Waals surface area contributed by atoms with Crippen molar-refractivity contribution in [2.45, 2.75) is 46.3 Å². The number of nitrogens with one attached hydrogen (secondary N) is 1. The highest BCUT2D eigenvalue weighted by atomic mass is 16.5. The molecule has 0 aromatic carbocycles. The first kappa shape index (κ1) is 13.5. The fourth-order valence-electron chi connectivity index (χ4n) is 1.25. The van der Waals surface area contributed by atoms with Crippen molar-refractivity contribution in [3.05, 3.63) is 23.9 Å². The van der Waals surface area contributed by atoms with Crippen molar-refractivity contribution in [2.75, 3.05) is 5.32 Å². The Balaban J connectivity index is 2.73. The maximum atomic E-state index is 11.7. The average molecular weight is 236 g/mol. The van der Waals surface area contributed by atoms with E-state index < -0.39 is 0 Å². The van der Waals surface area contributed by atoms with Gasteiger partial charge in [0, 0.05) is 6.04 Å². The number of nitrogens with zero attached hydrogens (tertiary/aromatic N) is 1. The van der Waals surface area contributed by atoms with Crippen LogP contribution in [0.1, 0.15) is 44.6 Å². The van der Waals surface area contributed by atoms with Gasteiger partial charge in [-0.2, -0.15) is 0 Å². The predicted octanol–water partition coefficient (Wildman–Crippen LogP) is 2.86. The topological polar surface area (TPSA) is 51.2 Å². The SMILES string of the molecule is CCC(C)OC(=O)c1cccc(NC(C)C)n1. The number of anilines is 1. The maximum Gasteiger partial charge on any atom is 0.357 e. The third-order valence-corrected chi connectivity index (χ3v) is 2.28. The lowest BCUT2D eigenvalue weighted by Gasteiger charge is -2.12. The first-order valence-electron chi connectivity index (χ1n) is 5.97. The number of carbonyl (C=O) groups excluding carboxylic acids is 1. The summed E-state index contributed by atoms with van der Waals surface area (Å²) in [5, 5.41) is 3.15. The molecule has 4 heteroatoms. The van der Waals surface area contributed by atoms with Gasteiger partial charge in [0.15, 0.2) is 5.69 Å². The minimum atomic E-state index is -0.369. The highest BCUT2D eigenvalue weighted by Crippen LogP contribution is 2.09. The van der Waals surface area contributed by atoms with Gasteiger partial charge >= 0.3 is 5.97 Å². The third-order valence-electron chi connectivity index (χ3n) is 2.28. The standard InChI is InChI=1S/C13H20N2O2/c1-5-10(4)17-13(16)11-7-6-8-12(15-11)14-9(2)3/h6-10H,5H2,1-4H3,(H,14,15). The summed E-state index contributed by atoms with van der Waals surface area (Å²) < 4.78 is 5.22. The van der Waals surface area contributed by atoms with Crippen LogP contribution in [0.2, 0.25) is 0 Å². The molecule has 1 aromatic rings. The number of aromatic nitrogens is 1. The van der Waals surface area contributed by atoms with E-state index >= 15 is 0 Å². The van der Waals surface area contributed by atoms with Crippen molar-refractivity contribution in [2.24, 2.45) is 0 Å². The van der Waals surface area contributed by atoms with Gasteiger partial charge < -0.3 is 10.1 Å². The number of carbonyl (C=O) groups is 1. The Morgan fingerprint density at radius 1 is 1.41 bits per heavy atom. The Kier molecular flexibility index (Phi) is 4.94. The van der Waals surface area contributed by atoms with Crippen LogP contribution in [0.5, 0.6) is 0 Å². The summed E-state index contributed by atoms with van der Waals surface area (Å²) >= 11 is 0. The van der Waals surface area contributed by atoms with Gasteiger partial charge in [0.25, 0.3) is 0 Å². The van der Waals surface area contributed by atoms with E-state index in [0.717, 1.165) is 6.42 Å². The zero-order chi connectivity index (χ0) is 12.8. The number of ether oxygens (including phenoxy) is 1. The molecule has 0 amide bonds. The van der Waals surface area contributed by atoms with Gasteiger partial charge in [0.05, 0.1) is 6.10 Å². The largest absolute Gasteiger partial charge is 0.458 e. The van der Waals surface area contributed by atoms with E-state index in [1.165, 1.54) is 0 Å². The number of esters is 1. The fraction of sp³-hybridized carbons (Fsp3) is 0.538. The molecule has 94 valence electrons. The summed E-state index contributed by atoms with van der Waals surface area (Å²) in [5.74, 6) is 0.324. The second-order valence-corrected chi connectivity index (χ2v) is 4.33. The molecule has 0 aliphatic rings. The second kappa shape index (κ2) is 6.23. The normalized spacial score (nSPS) is 12.3. The monoisotopic (exact) mass is 236 g/mol. The molecule has 0 fully saturated rings. The zero-order valence-corrected chi connectivity index (χ0v) is 10.9.